The van der Waals surface area contributed by atoms with E-state index in [4.69, 9.17) is 16.3 Å². The number of halogens is 1. The van der Waals surface area contributed by atoms with Crippen molar-refractivity contribution in [3.8, 4) is 5.75 Å². The minimum Gasteiger partial charge on any atom is -0.497 e. The number of ether oxygens (including phenoxy) is 1. The van der Waals surface area contributed by atoms with Crippen LogP contribution in [0.4, 0.5) is 11.5 Å². The monoisotopic (exact) mass is 285 g/mol. The van der Waals surface area contributed by atoms with Crippen molar-refractivity contribution in [3.63, 3.8) is 0 Å². The Kier molecular flexibility index (Phi) is 3.39. The first kappa shape index (κ1) is 12.7. The van der Waals surface area contributed by atoms with Crippen LogP contribution in [0.5, 0.6) is 5.75 Å². The number of fused-ring (bicyclic) bond motifs is 1. The van der Waals surface area contributed by atoms with E-state index in [-0.39, 0.29) is 0 Å². The van der Waals surface area contributed by atoms with Crippen LogP contribution < -0.4 is 10.1 Å². The largest absolute Gasteiger partial charge is 0.497 e. The third-order valence-corrected chi connectivity index (χ3v) is 3.27. The summed E-state index contributed by atoms with van der Waals surface area (Å²) < 4.78 is 5.13. The van der Waals surface area contributed by atoms with E-state index in [9.17, 15) is 0 Å². The summed E-state index contributed by atoms with van der Waals surface area (Å²) in [6.07, 6.45) is 0. The van der Waals surface area contributed by atoms with Crippen molar-refractivity contribution in [2.45, 2.75) is 0 Å². The Morgan fingerprint density at radius 2 is 1.65 bits per heavy atom. The highest BCUT2D eigenvalue weighted by Gasteiger charge is 2.07. The fourth-order valence-electron chi connectivity index (χ4n) is 1.97. The molecule has 0 amide bonds. The Morgan fingerprint density at radius 1 is 0.950 bits per heavy atom. The summed E-state index contributed by atoms with van der Waals surface area (Å²) in [6, 6.07) is 15.4. The van der Waals surface area contributed by atoms with Crippen LogP contribution in [0, 0.1) is 0 Å². The SMILES string of the molecule is COc1ccc(Nc2nnc(Cl)c3ccccc23)cc1. The third kappa shape index (κ3) is 2.38. The second-order valence-corrected chi connectivity index (χ2v) is 4.60. The van der Waals surface area contributed by atoms with Gasteiger partial charge in [-0.05, 0) is 24.3 Å². The van der Waals surface area contributed by atoms with Crippen LogP contribution in [0.25, 0.3) is 10.8 Å². The minimum atomic E-state index is 0.404. The third-order valence-electron chi connectivity index (χ3n) is 2.99. The quantitative estimate of drug-likeness (QED) is 0.789. The first-order valence-corrected chi connectivity index (χ1v) is 6.48. The molecule has 0 aliphatic carbocycles. The van der Waals surface area contributed by atoms with Crippen molar-refractivity contribution >= 4 is 33.9 Å². The molecule has 0 saturated heterocycles. The predicted octanol–water partition coefficient (Wildman–Crippen LogP) is 4.04. The smallest absolute Gasteiger partial charge is 0.161 e. The lowest BCUT2D eigenvalue weighted by molar-refractivity contribution is 0.415. The summed E-state index contributed by atoms with van der Waals surface area (Å²) in [6.45, 7) is 0. The maximum atomic E-state index is 6.05. The van der Waals surface area contributed by atoms with Crippen LogP contribution in [0.15, 0.2) is 48.5 Å². The summed E-state index contributed by atoms with van der Waals surface area (Å²) in [5.74, 6) is 1.48. The summed E-state index contributed by atoms with van der Waals surface area (Å²) in [4.78, 5) is 0. The number of hydrogen-bond donors (Lipinski definition) is 1. The predicted molar refractivity (Wildman–Crippen MR) is 80.8 cm³/mol. The number of rotatable bonds is 3. The molecule has 0 radical (unpaired) electrons. The lowest BCUT2D eigenvalue weighted by Gasteiger charge is -2.09. The standard InChI is InChI=1S/C15H12ClN3O/c1-20-11-8-6-10(7-9-11)17-15-13-5-3-2-4-12(13)14(16)18-19-15/h2-9H,1H3,(H,17,19). The Balaban J connectivity index is 2.00. The molecule has 0 aliphatic heterocycles. The van der Waals surface area contributed by atoms with Crippen LogP contribution in [-0.2, 0) is 0 Å². The lowest BCUT2D eigenvalue weighted by Crippen LogP contribution is -1.97. The Morgan fingerprint density at radius 3 is 2.35 bits per heavy atom. The highest BCUT2D eigenvalue weighted by atomic mass is 35.5. The zero-order chi connectivity index (χ0) is 13.9. The molecule has 0 saturated carbocycles. The van der Waals surface area contributed by atoms with Crippen molar-refractivity contribution < 1.29 is 4.74 Å². The van der Waals surface area contributed by atoms with E-state index in [2.05, 4.69) is 15.5 Å². The van der Waals surface area contributed by atoms with Crippen molar-refractivity contribution in [2.24, 2.45) is 0 Å². The van der Waals surface area contributed by atoms with Crippen molar-refractivity contribution in [2.75, 3.05) is 12.4 Å². The van der Waals surface area contributed by atoms with E-state index in [1.807, 2.05) is 48.5 Å². The van der Waals surface area contributed by atoms with Crippen LogP contribution in [0.1, 0.15) is 0 Å². The first-order valence-electron chi connectivity index (χ1n) is 6.10. The molecule has 0 fully saturated rings. The number of benzene rings is 2. The number of anilines is 2. The van der Waals surface area contributed by atoms with E-state index in [1.165, 1.54) is 0 Å². The van der Waals surface area contributed by atoms with E-state index < -0.39 is 0 Å². The molecule has 20 heavy (non-hydrogen) atoms. The summed E-state index contributed by atoms with van der Waals surface area (Å²) >= 11 is 6.05. The molecule has 1 aromatic heterocycles. The van der Waals surface area contributed by atoms with Crippen LogP contribution in [0.2, 0.25) is 5.15 Å². The Labute approximate surface area is 121 Å². The molecule has 0 spiro atoms. The molecular weight excluding hydrogens is 274 g/mol. The fraction of sp³-hybridized carbons (Fsp3) is 0.0667. The number of aromatic nitrogens is 2. The van der Waals surface area contributed by atoms with E-state index in [1.54, 1.807) is 7.11 Å². The zero-order valence-corrected chi connectivity index (χ0v) is 11.6. The van der Waals surface area contributed by atoms with E-state index in [0.29, 0.717) is 11.0 Å². The molecule has 0 aliphatic rings. The van der Waals surface area contributed by atoms with Gasteiger partial charge in [0.1, 0.15) is 5.75 Å². The normalized spacial score (nSPS) is 10.5. The summed E-state index contributed by atoms with van der Waals surface area (Å²) in [7, 11) is 1.64. The molecular formula is C15H12ClN3O. The molecule has 0 bridgehead atoms. The molecule has 100 valence electrons. The average molecular weight is 286 g/mol. The number of methoxy groups -OCH3 is 1. The summed E-state index contributed by atoms with van der Waals surface area (Å²) in [5.41, 5.74) is 0.910. The molecule has 0 atom stereocenters. The molecule has 1 heterocycles. The minimum absolute atomic E-state index is 0.404. The van der Waals surface area contributed by atoms with Crippen molar-refractivity contribution in [1.82, 2.24) is 10.2 Å². The van der Waals surface area contributed by atoms with E-state index in [0.717, 1.165) is 22.2 Å². The zero-order valence-electron chi connectivity index (χ0n) is 10.8. The van der Waals surface area contributed by atoms with Gasteiger partial charge in [-0.1, -0.05) is 35.9 Å². The van der Waals surface area contributed by atoms with Gasteiger partial charge in [0.05, 0.1) is 7.11 Å². The second-order valence-electron chi connectivity index (χ2n) is 4.24. The van der Waals surface area contributed by atoms with Crippen molar-refractivity contribution in [1.29, 1.82) is 0 Å². The van der Waals surface area contributed by atoms with Gasteiger partial charge in [-0.3, -0.25) is 0 Å². The molecule has 2 aromatic carbocycles. The number of hydrogen-bond acceptors (Lipinski definition) is 4. The van der Waals surface area contributed by atoms with Gasteiger partial charge in [0, 0.05) is 16.5 Å². The van der Waals surface area contributed by atoms with Crippen molar-refractivity contribution in [3.05, 3.63) is 53.7 Å². The summed E-state index contributed by atoms with van der Waals surface area (Å²) in [5, 5.41) is 13.5. The average Bonchev–Trinajstić information content (AvgIpc) is 2.51. The molecule has 0 unspecified atom stereocenters. The topological polar surface area (TPSA) is 47.0 Å². The van der Waals surface area contributed by atoms with Gasteiger partial charge in [-0.2, -0.15) is 0 Å². The number of nitrogens with one attached hydrogen (secondary N) is 1. The van der Waals surface area contributed by atoms with Crippen LogP contribution in [0.3, 0.4) is 0 Å². The lowest BCUT2D eigenvalue weighted by atomic mass is 10.2. The van der Waals surface area contributed by atoms with Crippen LogP contribution >= 0.6 is 11.6 Å². The molecule has 3 aromatic rings. The van der Waals surface area contributed by atoms with Gasteiger partial charge < -0.3 is 10.1 Å². The molecule has 4 nitrogen and oxygen atoms in total. The van der Waals surface area contributed by atoms with Gasteiger partial charge in [0.25, 0.3) is 0 Å². The van der Waals surface area contributed by atoms with E-state index >= 15 is 0 Å². The van der Waals surface area contributed by atoms with Gasteiger partial charge in [0.2, 0.25) is 0 Å². The number of nitrogens with zero attached hydrogens (tertiary/aromatic N) is 2. The molecule has 5 heteroatoms. The highest BCUT2D eigenvalue weighted by molar-refractivity contribution is 6.34. The Hall–Kier alpha value is -2.33. The Bertz CT molecular complexity index is 744. The maximum absolute atomic E-state index is 6.05. The fourth-order valence-corrected chi connectivity index (χ4v) is 2.18. The molecule has 1 N–H and O–H groups in total. The van der Waals surface area contributed by atoms with Crippen LogP contribution in [-0.4, -0.2) is 17.3 Å². The van der Waals surface area contributed by atoms with Gasteiger partial charge in [-0.15, -0.1) is 10.2 Å². The first-order chi connectivity index (χ1) is 9.78. The maximum Gasteiger partial charge on any atom is 0.161 e. The van der Waals surface area contributed by atoms with Gasteiger partial charge >= 0.3 is 0 Å². The van der Waals surface area contributed by atoms with Gasteiger partial charge in [0.15, 0.2) is 11.0 Å². The molecule has 3 rings (SSSR count). The highest BCUT2D eigenvalue weighted by Crippen LogP contribution is 2.28. The van der Waals surface area contributed by atoms with Gasteiger partial charge in [-0.25, -0.2) is 0 Å². The second kappa shape index (κ2) is 5.35.